The van der Waals surface area contributed by atoms with E-state index in [-0.39, 0.29) is 11.8 Å². The van der Waals surface area contributed by atoms with E-state index in [4.69, 9.17) is 10.00 Å². The van der Waals surface area contributed by atoms with E-state index in [0.717, 1.165) is 10.0 Å². The van der Waals surface area contributed by atoms with Gasteiger partial charge in [0.1, 0.15) is 11.3 Å². The molecular formula is C20H14BrN3O2. The maximum Gasteiger partial charge on any atom is 0.261 e. The van der Waals surface area contributed by atoms with Gasteiger partial charge in [-0.15, -0.1) is 0 Å². The molecule has 0 atom stereocenters. The van der Waals surface area contributed by atoms with Gasteiger partial charge in [0.2, 0.25) is 5.88 Å². The van der Waals surface area contributed by atoms with Crippen LogP contribution in [0.5, 0.6) is 11.6 Å². The first-order valence-corrected chi connectivity index (χ1v) is 8.60. The average Bonchev–Trinajstić information content (AvgIpc) is 2.64. The highest BCUT2D eigenvalue weighted by Gasteiger charge is 2.14. The molecule has 1 aromatic heterocycles. The number of hydrogen-bond donors (Lipinski definition) is 1. The SMILES string of the molecule is N#CCc1ccc(NC(=O)c2cccnc2Oc2cccc(Br)c2)cc1. The predicted octanol–water partition coefficient (Wildman–Crippen LogP) is 4.95. The highest BCUT2D eigenvalue weighted by atomic mass is 79.9. The van der Waals surface area contributed by atoms with Gasteiger partial charge in [0.05, 0.1) is 12.5 Å². The van der Waals surface area contributed by atoms with Crippen molar-refractivity contribution in [2.24, 2.45) is 0 Å². The second-order valence-electron chi connectivity index (χ2n) is 5.40. The lowest BCUT2D eigenvalue weighted by Crippen LogP contribution is -2.13. The molecule has 0 saturated heterocycles. The number of rotatable bonds is 5. The van der Waals surface area contributed by atoms with Crippen molar-refractivity contribution in [3.63, 3.8) is 0 Å². The summed E-state index contributed by atoms with van der Waals surface area (Å²) >= 11 is 3.38. The van der Waals surface area contributed by atoms with Crippen LogP contribution in [0, 0.1) is 11.3 Å². The largest absolute Gasteiger partial charge is 0.438 e. The molecule has 0 bridgehead atoms. The minimum atomic E-state index is -0.323. The van der Waals surface area contributed by atoms with Gasteiger partial charge in [0, 0.05) is 16.4 Å². The van der Waals surface area contributed by atoms with Gasteiger partial charge in [0.25, 0.3) is 5.91 Å². The molecule has 0 saturated carbocycles. The fourth-order valence-corrected chi connectivity index (χ4v) is 2.66. The van der Waals surface area contributed by atoms with E-state index >= 15 is 0 Å². The molecular weight excluding hydrogens is 394 g/mol. The Morgan fingerprint density at radius 1 is 1.15 bits per heavy atom. The Bertz CT molecular complexity index is 965. The summed E-state index contributed by atoms with van der Waals surface area (Å²) in [5.74, 6) is 0.480. The van der Waals surface area contributed by atoms with E-state index in [9.17, 15) is 4.79 Å². The summed E-state index contributed by atoms with van der Waals surface area (Å²) in [4.78, 5) is 16.8. The van der Waals surface area contributed by atoms with Gasteiger partial charge in [-0.2, -0.15) is 5.26 Å². The summed E-state index contributed by atoms with van der Waals surface area (Å²) in [6.45, 7) is 0. The molecule has 5 nitrogen and oxygen atoms in total. The van der Waals surface area contributed by atoms with Crippen LogP contribution in [0.1, 0.15) is 15.9 Å². The summed E-state index contributed by atoms with van der Waals surface area (Å²) in [7, 11) is 0. The molecule has 6 heteroatoms. The molecule has 1 N–H and O–H groups in total. The fraction of sp³-hybridized carbons (Fsp3) is 0.0500. The normalized spacial score (nSPS) is 10.0. The zero-order valence-corrected chi connectivity index (χ0v) is 15.2. The predicted molar refractivity (Wildman–Crippen MR) is 102 cm³/mol. The number of nitrogens with zero attached hydrogens (tertiary/aromatic N) is 2. The Balaban J connectivity index is 1.78. The van der Waals surface area contributed by atoms with E-state index in [1.165, 1.54) is 0 Å². The van der Waals surface area contributed by atoms with Crippen molar-refractivity contribution in [3.05, 3.63) is 82.5 Å². The number of anilines is 1. The molecule has 3 aromatic rings. The van der Waals surface area contributed by atoms with E-state index in [1.54, 1.807) is 54.7 Å². The third-order valence-electron chi connectivity index (χ3n) is 3.52. The fourth-order valence-electron chi connectivity index (χ4n) is 2.28. The monoisotopic (exact) mass is 407 g/mol. The number of hydrogen-bond acceptors (Lipinski definition) is 4. The van der Waals surface area contributed by atoms with E-state index in [1.807, 2.05) is 12.1 Å². The number of halogens is 1. The van der Waals surface area contributed by atoms with E-state index in [2.05, 4.69) is 32.3 Å². The van der Waals surface area contributed by atoms with Crippen molar-refractivity contribution in [1.82, 2.24) is 4.98 Å². The first-order chi connectivity index (χ1) is 12.7. The molecule has 26 heavy (non-hydrogen) atoms. The molecule has 0 unspecified atom stereocenters. The molecule has 3 rings (SSSR count). The number of carbonyl (C=O) groups is 1. The minimum Gasteiger partial charge on any atom is -0.438 e. The molecule has 0 fully saturated rings. The second kappa shape index (κ2) is 8.28. The summed E-state index contributed by atoms with van der Waals surface area (Å²) in [5, 5.41) is 11.5. The average molecular weight is 408 g/mol. The van der Waals surface area contributed by atoms with Crippen LogP contribution in [0.2, 0.25) is 0 Å². The van der Waals surface area contributed by atoms with Crippen LogP contribution in [-0.2, 0) is 6.42 Å². The third-order valence-corrected chi connectivity index (χ3v) is 4.01. The highest BCUT2D eigenvalue weighted by molar-refractivity contribution is 9.10. The lowest BCUT2D eigenvalue weighted by atomic mass is 10.1. The smallest absolute Gasteiger partial charge is 0.261 e. The maximum absolute atomic E-state index is 12.6. The van der Waals surface area contributed by atoms with Gasteiger partial charge in [-0.3, -0.25) is 4.79 Å². The number of pyridine rings is 1. The molecule has 1 amide bonds. The Morgan fingerprint density at radius 2 is 1.96 bits per heavy atom. The molecule has 128 valence electrons. The lowest BCUT2D eigenvalue weighted by molar-refractivity contribution is 0.102. The van der Waals surface area contributed by atoms with Crippen LogP contribution in [-0.4, -0.2) is 10.9 Å². The molecule has 0 aliphatic heterocycles. The van der Waals surface area contributed by atoms with Crippen molar-refractivity contribution >= 4 is 27.5 Å². The van der Waals surface area contributed by atoms with Crippen LogP contribution >= 0.6 is 15.9 Å². The zero-order valence-electron chi connectivity index (χ0n) is 13.6. The molecule has 1 heterocycles. The number of aromatic nitrogens is 1. The van der Waals surface area contributed by atoms with Crippen LogP contribution in [0.4, 0.5) is 5.69 Å². The number of benzene rings is 2. The van der Waals surface area contributed by atoms with Gasteiger partial charge < -0.3 is 10.1 Å². The van der Waals surface area contributed by atoms with Gasteiger partial charge in [-0.05, 0) is 48.0 Å². The number of carbonyl (C=O) groups excluding carboxylic acids is 1. The van der Waals surface area contributed by atoms with Gasteiger partial charge in [-0.1, -0.05) is 34.1 Å². The Labute approximate surface area is 159 Å². The summed E-state index contributed by atoms with van der Waals surface area (Å²) < 4.78 is 6.63. The maximum atomic E-state index is 12.6. The summed E-state index contributed by atoms with van der Waals surface area (Å²) in [6.07, 6.45) is 1.90. The zero-order chi connectivity index (χ0) is 18.4. The van der Waals surface area contributed by atoms with Crippen LogP contribution in [0.25, 0.3) is 0 Å². The summed E-state index contributed by atoms with van der Waals surface area (Å²) in [5.41, 5.74) is 1.85. The van der Waals surface area contributed by atoms with Crippen molar-refractivity contribution in [2.45, 2.75) is 6.42 Å². The van der Waals surface area contributed by atoms with E-state index < -0.39 is 0 Å². The van der Waals surface area contributed by atoms with Crippen molar-refractivity contribution in [3.8, 4) is 17.7 Å². The Hall–Kier alpha value is -3.17. The highest BCUT2D eigenvalue weighted by Crippen LogP contribution is 2.26. The number of ether oxygens (including phenoxy) is 1. The molecule has 0 spiro atoms. The minimum absolute atomic E-state index is 0.226. The molecule has 0 radical (unpaired) electrons. The second-order valence-corrected chi connectivity index (χ2v) is 6.32. The molecule has 0 aliphatic carbocycles. The first kappa shape index (κ1) is 17.6. The third kappa shape index (κ3) is 4.47. The Morgan fingerprint density at radius 3 is 2.69 bits per heavy atom. The topological polar surface area (TPSA) is 75.0 Å². The number of nitriles is 1. The molecule has 0 aliphatic rings. The van der Waals surface area contributed by atoms with Gasteiger partial charge >= 0.3 is 0 Å². The van der Waals surface area contributed by atoms with Gasteiger partial charge in [0.15, 0.2) is 0 Å². The number of amides is 1. The standard InChI is InChI=1S/C20H14BrN3O2/c21-15-3-1-4-17(13-15)26-20-18(5-2-12-23-20)19(25)24-16-8-6-14(7-9-16)10-11-22/h1-9,12-13H,10H2,(H,24,25). The van der Waals surface area contributed by atoms with Crippen molar-refractivity contribution < 1.29 is 9.53 Å². The van der Waals surface area contributed by atoms with Crippen LogP contribution in [0.3, 0.4) is 0 Å². The van der Waals surface area contributed by atoms with Crippen molar-refractivity contribution in [1.29, 1.82) is 5.26 Å². The number of nitrogens with one attached hydrogen (secondary N) is 1. The van der Waals surface area contributed by atoms with Crippen LogP contribution < -0.4 is 10.1 Å². The van der Waals surface area contributed by atoms with Crippen LogP contribution in [0.15, 0.2) is 71.3 Å². The quantitative estimate of drug-likeness (QED) is 0.648. The summed E-state index contributed by atoms with van der Waals surface area (Å²) in [6, 6.07) is 19.9. The van der Waals surface area contributed by atoms with Gasteiger partial charge in [-0.25, -0.2) is 4.98 Å². The van der Waals surface area contributed by atoms with Crippen molar-refractivity contribution in [2.75, 3.05) is 5.32 Å². The Kier molecular flexibility index (Phi) is 5.62. The first-order valence-electron chi connectivity index (χ1n) is 7.81. The molecule has 2 aromatic carbocycles. The lowest BCUT2D eigenvalue weighted by Gasteiger charge is -2.11. The van der Waals surface area contributed by atoms with E-state index in [0.29, 0.717) is 23.4 Å².